The molecule has 0 unspecified atom stereocenters. The zero-order chi connectivity index (χ0) is 21.0. The molecule has 0 aliphatic rings. The molecule has 6 heteroatoms. The second-order valence-electron chi connectivity index (χ2n) is 7.81. The number of hydrogen-bond donors (Lipinski definition) is 1. The minimum atomic E-state index is -0.0109. The Hall–Kier alpha value is -2.73. The molecule has 0 atom stereocenters. The zero-order valence-electron chi connectivity index (χ0n) is 18.1. The van der Waals surface area contributed by atoms with Gasteiger partial charge in [-0.3, -0.25) is 4.79 Å². The number of aryl methyl sites for hydroxylation is 3. The number of amides is 1. The van der Waals surface area contributed by atoms with E-state index in [-0.39, 0.29) is 5.91 Å². The highest BCUT2D eigenvalue weighted by Gasteiger charge is 2.14. The molecular weight excluding hydrogens is 362 g/mol. The SMILES string of the molecule is CCCCN(C)CCC(=O)Nc1cc(C)nn1-c1cc(C)c2cccc(C)c2n1. The van der Waals surface area contributed by atoms with E-state index >= 15 is 0 Å². The molecule has 2 heterocycles. The third kappa shape index (κ3) is 5.01. The number of pyridine rings is 1. The second-order valence-corrected chi connectivity index (χ2v) is 7.81. The number of carbonyl (C=O) groups is 1. The lowest BCUT2D eigenvalue weighted by molar-refractivity contribution is -0.116. The summed E-state index contributed by atoms with van der Waals surface area (Å²) in [5, 5.41) is 8.73. The highest BCUT2D eigenvalue weighted by molar-refractivity contribution is 5.90. The number of anilines is 1. The molecule has 154 valence electrons. The Morgan fingerprint density at radius 1 is 1.14 bits per heavy atom. The predicted molar refractivity (Wildman–Crippen MR) is 119 cm³/mol. The molecule has 0 aliphatic carbocycles. The van der Waals surface area contributed by atoms with E-state index in [9.17, 15) is 4.79 Å². The van der Waals surface area contributed by atoms with E-state index in [2.05, 4.69) is 55.3 Å². The highest BCUT2D eigenvalue weighted by Crippen LogP contribution is 2.24. The molecule has 29 heavy (non-hydrogen) atoms. The summed E-state index contributed by atoms with van der Waals surface area (Å²) >= 11 is 0. The first kappa shape index (κ1) is 21.0. The topological polar surface area (TPSA) is 63.1 Å². The smallest absolute Gasteiger partial charge is 0.226 e. The Kier molecular flexibility index (Phi) is 6.64. The van der Waals surface area contributed by atoms with Crippen molar-refractivity contribution in [2.45, 2.75) is 47.0 Å². The molecule has 0 radical (unpaired) electrons. The molecule has 2 aromatic heterocycles. The predicted octanol–water partition coefficient (Wildman–Crippen LogP) is 4.41. The molecule has 0 spiro atoms. The Balaban J connectivity index is 1.82. The number of nitrogens with zero attached hydrogens (tertiary/aromatic N) is 4. The van der Waals surface area contributed by atoms with Crippen LogP contribution >= 0.6 is 0 Å². The number of nitrogens with one attached hydrogen (secondary N) is 1. The van der Waals surface area contributed by atoms with Crippen LogP contribution in [0.5, 0.6) is 0 Å². The third-order valence-corrected chi connectivity index (χ3v) is 5.16. The van der Waals surface area contributed by atoms with Gasteiger partial charge in [-0.1, -0.05) is 31.5 Å². The van der Waals surface area contributed by atoms with Crippen LogP contribution in [0.25, 0.3) is 16.7 Å². The number of carbonyl (C=O) groups excluding carboxylic acids is 1. The molecule has 0 fully saturated rings. The van der Waals surface area contributed by atoms with E-state index < -0.39 is 0 Å². The molecule has 1 aromatic carbocycles. The van der Waals surface area contributed by atoms with Gasteiger partial charge in [-0.15, -0.1) is 0 Å². The van der Waals surface area contributed by atoms with Crippen molar-refractivity contribution in [2.75, 3.05) is 25.5 Å². The van der Waals surface area contributed by atoms with Crippen LogP contribution in [0.15, 0.2) is 30.3 Å². The fraction of sp³-hybridized carbons (Fsp3) is 0.435. The molecule has 3 rings (SSSR count). The fourth-order valence-electron chi connectivity index (χ4n) is 3.45. The van der Waals surface area contributed by atoms with Crippen LogP contribution in [0.1, 0.15) is 43.0 Å². The maximum absolute atomic E-state index is 12.5. The summed E-state index contributed by atoms with van der Waals surface area (Å²) in [6, 6.07) is 10.1. The highest BCUT2D eigenvalue weighted by atomic mass is 16.1. The van der Waals surface area contributed by atoms with E-state index in [4.69, 9.17) is 4.98 Å². The maximum Gasteiger partial charge on any atom is 0.226 e. The lowest BCUT2D eigenvalue weighted by Gasteiger charge is -2.16. The molecule has 0 saturated carbocycles. The van der Waals surface area contributed by atoms with Crippen LogP contribution < -0.4 is 5.32 Å². The number of para-hydroxylation sites is 1. The van der Waals surface area contributed by atoms with Gasteiger partial charge in [0.1, 0.15) is 5.82 Å². The van der Waals surface area contributed by atoms with E-state index in [0.717, 1.165) is 53.7 Å². The maximum atomic E-state index is 12.5. The van der Waals surface area contributed by atoms with Gasteiger partial charge in [-0.05, 0) is 58.0 Å². The molecule has 0 saturated heterocycles. The monoisotopic (exact) mass is 393 g/mol. The molecular formula is C23H31N5O. The molecule has 0 bridgehead atoms. The van der Waals surface area contributed by atoms with Crippen molar-refractivity contribution in [1.29, 1.82) is 0 Å². The minimum absolute atomic E-state index is 0.0109. The van der Waals surface area contributed by atoms with Crippen molar-refractivity contribution in [3.8, 4) is 5.82 Å². The van der Waals surface area contributed by atoms with Crippen LogP contribution in [-0.4, -0.2) is 45.7 Å². The average Bonchev–Trinajstić information content (AvgIpc) is 3.05. The third-order valence-electron chi connectivity index (χ3n) is 5.16. The Morgan fingerprint density at radius 2 is 1.93 bits per heavy atom. The quantitative estimate of drug-likeness (QED) is 0.616. The van der Waals surface area contributed by atoms with Gasteiger partial charge in [0.2, 0.25) is 5.91 Å². The Labute approximate surface area is 172 Å². The van der Waals surface area contributed by atoms with Gasteiger partial charge in [0.05, 0.1) is 11.2 Å². The second kappa shape index (κ2) is 9.18. The number of unbranched alkanes of at least 4 members (excludes halogenated alkanes) is 1. The van der Waals surface area contributed by atoms with Crippen molar-refractivity contribution < 1.29 is 4.79 Å². The van der Waals surface area contributed by atoms with Gasteiger partial charge in [0.25, 0.3) is 0 Å². The van der Waals surface area contributed by atoms with Crippen LogP contribution in [0.3, 0.4) is 0 Å². The summed E-state index contributed by atoms with van der Waals surface area (Å²) in [5.74, 6) is 1.36. The summed E-state index contributed by atoms with van der Waals surface area (Å²) in [6.07, 6.45) is 2.76. The molecule has 6 nitrogen and oxygen atoms in total. The summed E-state index contributed by atoms with van der Waals surface area (Å²) in [4.78, 5) is 19.6. The molecule has 1 N–H and O–H groups in total. The van der Waals surface area contributed by atoms with E-state index in [1.54, 1.807) is 4.68 Å². The Bertz CT molecular complexity index is 1010. The average molecular weight is 394 g/mol. The summed E-state index contributed by atoms with van der Waals surface area (Å²) in [6.45, 7) is 9.99. The van der Waals surface area contributed by atoms with Gasteiger partial charge in [-0.2, -0.15) is 9.78 Å². The molecule has 0 aliphatic heterocycles. The molecule has 1 amide bonds. The van der Waals surface area contributed by atoms with Crippen LogP contribution in [-0.2, 0) is 4.79 Å². The normalized spacial score (nSPS) is 11.4. The number of rotatable bonds is 8. The van der Waals surface area contributed by atoms with Crippen LogP contribution in [0.4, 0.5) is 5.82 Å². The van der Waals surface area contributed by atoms with Gasteiger partial charge >= 0.3 is 0 Å². The van der Waals surface area contributed by atoms with E-state index in [1.807, 2.05) is 25.1 Å². The van der Waals surface area contributed by atoms with Crippen molar-refractivity contribution in [3.05, 3.63) is 47.2 Å². The zero-order valence-corrected chi connectivity index (χ0v) is 18.1. The van der Waals surface area contributed by atoms with Crippen molar-refractivity contribution in [2.24, 2.45) is 0 Å². The first-order valence-corrected chi connectivity index (χ1v) is 10.3. The number of hydrogen-bond acceptors (Lipinski definition) is 4. The van der Waals surface area contributed by atoms with Gasteiger partial charge < -0.3 is 10.2 Å². The van der Waals surface area contributed by atoms with Gasteiger partial charge in [0.15, 0.2) is 5.82 Å². The lowest BCUT2D eigenvalue weighted by Crippen LogP contribution is -2.25. The van der Waals surface area contributed by atoms with Crippen LogP contribution in [0, 0.1) is 20.8 Å². The largest absolute Gasteiger partial charge is 0.310 e. The van der Waals surface area contributed by atoms with E-state index in [0.29, 0.717) is 18.1 Å². The van der Waals surface area contributed by atoms with E-state index in [1.165, 1.54) is 0 Å². The van der Waals surface area contributed by atoms with Gasteiger partial charge in [-0.25, -0.2) is 4.98 Å². The van der Waals surface area contributed by atoms with Crippen LogP contribution in [0.2, 0.25) is 0 Å². The van der Waals surface area contributed by atoms with Gasteiger partial charge in [0, 0.05) is 24.4 Å². The Morgan fingerprint density at radius 3 is 2.69 bits per heavy atom. The number of fused-ring (bicyclic) bond motifs is 1. The van der Waals surface area contributed by atoms with Crippen molar-refractivity contribution in [3.63, 3.8) is 0 Å². The first-order chi connectivity index (χ1) is 13.9. The summed E-state index contributed by atoms with van der Waals surface area (Å²) < 4.78 is 1.73. The fourth-order valence-corrected chi connectivity index (χ4v) is 3.45. The van der Waals surface area contributed by atoms with Crippen molar-refractivity contribution in [1.82, 2.24) is 19.7 Å². The summed E-state index contributed by atoms with van der Waals surface area (Å²) in [5.41, 5.74) is 4.06. The minimum Gasteiger partial charge on any atom is -0.310 e. The standard InChI is InChI=1S/C23H31N5O/c1-6-7-12-27(5)13-11-22(29)24-21-15-18(4)26-28(21)20-14-17(3)19-10-8-9-16(2)23(19)25-20/h8-10,14-15H,6-7,11-13H2,1-5H3,(H,24,29). The number of aromatic nitrogens is 3. The number of benzene rings is 1. The first-order valence-electron chi connectivity index (χ1n) is 10.3. The molecule has 3 aromatic rings. The lowest BCUT2D eigenvalue weighted by atomic mass is 10.1. The van der Waals surface area contributed by atoms with Crippen molar-refractivity contribution >= 4 is 22.6 Å². The summed E-state index contributed by atoms with van der Waals surface area (Å²) in [7, 11) is 2.06.